The summed E-state index contributed by atoms with van der Waals surface area (Å²) in [5.41, 5.74) is 0.703. The third kappa shape index (κ3) is 3.73. The number of methoxy groups -OCH3 is 1. The van der Waals surface area contributed by atoms with E-state index >= 15 is 0 Å². The highest BCUT2D eigenvalue weighted by molar-refractivity contribution is 5.99. The Morgan fingerprint density at radius 1 is 1.17 bits per heavy atom. The van der Waals surface area contributed by atoms with Gasteiger partial charge in [0.2, 0.25) is 5.91 Å². The zero-order chi connectivity index (χ0) is 17.7. The van der Waals surface area contributed by atoms with Gasteiger partial charge in [0.15, 0.2) is 0 Å². The summed E-state index contributed by atoms with van der Waals surface area (Å²) in [5, 5.41) is 14.5. The molecule has 2 atom stereocenters. The molecule has 0 fully saturated rings. The van der Waals surface area contributed by atoms with Crippen LogP contribution < -0.4 is 15.4 Å². The van der Waals surface area contributed by atoms with Crippen molar-refractivity contribution in [2.45, 2.75) is 12.8 Å². The maximum atomic E-state index is 12.5. The number of hydrogen-bond acceptors (Lipinski definition) is 4. The molecule has 0 heterocycles. The van der Waals surface area contributed by atoms with E-state index in [0.29, 0.717) is 29.8 Å². The molecular weight excluding hydrogens is 312 g/mol. The van der Waals surface area contributed by atoms with Crippen LogP contribution in [0.5, 0.6) is 5.75 Å². The van der Waals surface area contributed by atoms with Gasteiger partial charge >= 0.3 is 5.97 Å². The van der Waals surface area contributed by atoms with Crippen molar-refractivity contribution >= 4 is 23.5 Å². The Hall–Kier alpha value is -2.83. The minimum Gasteiger partial charge on any atom is -0.495 e. The van der Waals surface area contributed by atoms with Gasteiger partial charge in [-0.1, -0.05) is 12.2 Å². The van der Waals surface area contributed by atoms with Gasteiger partial charge in [0, 0.05) is 12.6 Å². The first-order chi connectivity index (χ1) is 11.5. The summed E-state index contributed by atoms with van der Waals surface area (Å²) in [6.45, 7) is 0. The van der Waals surface area contributed by atoms with Gasteiger partial charge in [-0.2, -0.15) is 0 Å². The number of carboxylic acids is 1. The molecule has 7 heteroatoms. The molecule has 7 nitrogen and oxygen atoms in total. The molecule has 1 aromatic rings. The molecule has 0 saturated heterocycles. The van der Waals surface area contributed by atoms with Crippen LogP contribution in [0.4, 0.5) is 5.69 Å². The number of nitrogens with one attached hydrogen (secondary N) is 2. The molecule has 0 aromatic heterocycles. The van der Waals surface area contributed by atoms with E-state index in [1.807, 2.05) is 6.08 Å². The Balaban J connectivity index is 2.25. The normalized spacial score (nSPS) is 19.4. The second-order valence-corrected chi connectivity index (χ2v) is 5.48. The highest BCUT2D eigenvalue weighted by Gasteiger charge is 2.34. The molecule has 24 heavy (non-hydrogen) atoms. The van der Waals surface area contributed by atoms with Crippen LogP contribution in [0.3, 0.4) is 0 Å². The predicted octanol–water partition coefficient (Wildman–Crippen LogP) is 1.66. The summed E-state index contributed by atoms with van der Waals surface area (Å²) in [7, 11) is 2.96. The maximum absolute atomic E-state index is 12.5. The number of aliphatic carboxylic acids is 1. The van der Waals surface area contributed by atoms with Gasteiger partial charge in [-0.05, 0) is 31.0 Å². The van der Waals surface area contributed by atoms with E-state index < -0.39 is 23.7 Å². The summed E-state index contributed by atoms with van der Waals surface area (Å²) >= 11 is 0. The molecule has 3 N–H and O–H groups in total. The van der Waals surface area contributed by atoms with Crippen LogP contribution >= 0.6 is 0 Å². The van der Waals surface area contributed by atoms with Crippen molar-refractivity contribution in [3.05, 3.63) is 35.9 Å². The fraction of sp³-hybridized carbons (Fsp3) is 0.353. The van der Waals surface area contributed by atoms with E-state index in [1.165, 1.54) is 20.2 Å². The van der Waals surface area contributed by atoms with Crippen LogP contribution in [0.1, 0.15) is 23.2 Å². The Kier molecular flexibility index (Phi) is 5.57. The zero-order valence-electron chi connectivity index (χ0n) is 13.5. The third-order valence-corrected chi connectivity index (χ3v) is 4.03. The number of rotatable bonds is 5. The average molecular weight is 332 g/mol. The van der Waals surface area contributed by atoms with Crippen molar-refractivity contribution in [1.82, 2.24) is 5.32 Å². The summed E-state index contributed by atoms with van der Waals surface area (Å²) in [6, 6.07) is 4.66. The predicted molar refractivity (Wildman–Crippen MR) is 88.0 cm³/mol. The lowest BCUT2D eigenvalue weighted by atomic mass is 9.82. The molecule has 0 radical (unpaired) electrons. The SMILES string of the molecule is CNC(=O)c1ccc(OC)c(NC(=O)[C@H]2CC=CC[C@H]2C(=O)O)c1. The molecule has 1 aliphatic rings. The molecule has 0 aliphatic heterocycles. The molecular formula is C17H20N2O5. The van der Waals surface area contributed by atoms with Crippen LogP contribution in [-0.2, 0) is 9.59 Å². The summed E-state index contributed by atoms with van der Waals surface area (Å²) in [4.78, 5) is 35.6. The van der Waals surface area contributed by atoms with Crippen molar-refractivity contribution in [2.24, 2.45) is 11.8 Å². The summed E-state index contributed by atoms with van der Waals surface area (Å²) in [6.07, 6.45) is 4.26. The van der Waals surface area contributed by atoms with Crippen molar-refractivity contribution < 1.29 is 24.2 Å². The van der Waals surface area contributed by atoms with Gasteiger partial charge in [-0.15, -0.1) is 0 Å². The molecule has 1 aromatic carbocycles. The van der Waals surface area contributed by atoms with Gasteiger partial charge in [-0.3, -0.25) is 14.4 Å². The smallest absolute Gasteiger partial charge is 0.307 e. The van der Waals surface area contributed by atoms with Crippen LogP contribution in [-0.4, -0.2) is 37.0 Å². The number of hydrogen-bond donors (Lipinski definition) is 3. The number of carboxylic acid groups (broad SMARTS) is 1. The number of ether oxygens (including phenoxy) is 1. The van der Waals surface area contributed by atoms with Gasteiger partial charge < -0.3 is 20.5 Å². The van der Waals surface area contributed by atoms with Crippen LogP contribution in [0, 0.1) is 11.8 Å². The fourth-order valence-electron chi connectivity index (χ4n) is 2.69. The molecule has 0 saturated carbocycles. The van der Waals surface area contributed by atoms with Crippen molar-refractivity contribution in [2.75, 3.05) is 19.5 Å². The van der Waals surface area contributed by atoms with Crippen molar-refractivity contribution in [3.8, 4) is 5.75 Å². The van der Waals surface area contributed by atoms with Crippen molar-refractivity contribution in [3.63, 3.8) is 0 Å². The number of carbonyl (C=O) groups is 3. The standard InChI is InChI=1S/C17H20N2O5/c1-18-15(20)10-7-8-14(24-2)13(9-10)19-16(21)11-5-3-4-6-12(11)17(22)23/h3-4,7-9,11-12H,5-6H2,1-2H3,(H,18,20)(H,19,21)(H,22,23)/t11-,12+/m0/s1. The van der Waals surface area contributed by atoms with E-state index in [-0.39, 0.29) is 5.91 Å². The Labute approximate surface area is 139 Å². The lowest BCUT2D eigenvalue weighted by Gasteiger charge is -2.24. The first kappa shape index (κ1) is 17.5. The van der Waals surface area contributed by atoms with Gasteiger partial charge in [0.05, 0.1) is 24.6 Å². The molecule has 128 valence electrons. The monoisotopic (exact) mass is 332 g/mol. The number of benzene rings is 1. The first-order valence-corrected chi connectivity index (χ1v) is 7.56. The van der Waals surface area contributed by atoms with Gasteiger partial charge in [-0.25, -0.2) is 0 Å². The quantitative estimate of drug-likeness (QED) is 0.711. The van der Waals surface area contributed by atoms with E-state index in [9.17, 15) is 19.5 Å². The first-order valence-electron chi connectivity index (χ1n) is 7.56. The molecule has 2 amide bonds. The molecule has 1 aliphatic carbocycles. The number of carbonyl (C=O) groups excluding carboxylic acids is 2. The lowest BCUT2D eigenvalue weighted by Crippen LogP contribution is -2.34. The molecule has 0 spiro atoms. The Bertz CT molecular complexity index is 684. The minimum atomic E-state index is -0.995. The van der Waals surface area contributed by atoms with Crippen LogP contribution in [0.25, 0.3) is 0 Å². The van der Waals surface area contributed by atoms with Crippen LogP contribution in [0.15, 0.2) is 30.4 Å². The number of allylic oxidation sites excluding steroid dienone is 2. The minimum absolute atomic E-state index is 0.294. The summed E-state index contributed by atoms with van der Waals surface area (Å²) < 4.78 is 5.20. The van der Waals surface area contributed by atoms with Gasteiger partial charge in [0.25, 0.3) is 5.91 Å². The highest BCUT2D eigenvalue weighted by Crippen LogP contribution is 2.30. The number of anilines is 1. The fourth-order valence-corrected chi connectivity index (χ4v) is 2.69. The molecule has 0 bridgehead atoms. The summed E-state index contributed by atoms with van der Waals surface area (Å²) in [5.74, 6) is -2.72. The van der Waals surface area contributed by atoms with E-state index in [1.54, 1.807) is 18.2 Å². The van der Waals surface area contributed by atoms with E-state index in [0.717, 1.165) is 0 Å². The van der Waals surface area contributed by atoms with Gasteiger partial charge in [0.1, 0.15) is 5.75 Å². The third-order valence-electron chi connectivity index (χ3n) is 4.03. The topological polar surface area (TPSA) is 105 Å². The number of amides is 2. The largest absolute Gasteiger partial charge is 0.495 e. The molecule has 2 rings (SSSR count). The van der Waals surface area contributed by atoms with E-state index in [4.69, 9.17) is 4.74 Å². The van der Waals surface area contributed by atoms with E-state index in [2.05, 4.69) is 10.6 Å². The highest BCUT2D eigenvalue weighted by atomic mass is 16.5. The Morgan fingerprint density at radius 2 is 1.83 bits per heavy atom. The van der Waals surface area contributed by atoms with Crippen LogP contribution in [0.2, 0.25) is 0 Å². The Morgan fingerprint density at radius 3 is 2.42 bits per heavy atom. The lowest BCUT2D eigenvalue weighted by molar-refractivity contribution is -0.146. The second kappa shape index (κ2) is 7.63. The molecule has 0 unspecified atom stereocenters. The zero-order valence-corrected chi connectivity index (χ0v) is 13.5. The average Bonchev–Trinajstić information content (AvgIpc) is 2.60. The van der Waals surface area contributed by atoms with Crippen molar-refractivity contribution in [1.29, 1.82) is 0 Å². The maximum Gasteiger partial charge on any atom is 0.307 e. The second-order valence-electron chi connectivity index (χ2n) is 5.48.